The smallest absolute Gasteiger partial charge is 0.258 e. The molecular weight excluding hydrogens is 316 g/mol. The van der Waals surface area contributed by atoms with Gasteiger partial charge in [0.1, 0.15) is 0 Å². The number of anilines is 1. The number of carbonyl (C=O) groups excluding carboxylic acids is 1. The van der Waals surface area contributed by atoms with Crippen LogP contribution in [0.5, 0.6) is 0 Å². The van der Waals surface area contributed by atoms with Crippen LogP contribution < -0.4 is 10.5 Å². The number of hydrogen-bond acceptors (Lipinski definition) is 4. The predicted molar refractivity (Wildman–Crippen MR) is 87.3 cm³/mol. The zero-order valence-corrected chi connectivity index (χ0v) is 13.4. The van der Waals surface area contributed by atoms with E-state index in [0.29, 0.717) is 12.3 Å². The van der Waals surface area contributed by atoms with E-state index in [9.17, 15) is 13.2 Å². The fraction of sp³-hybridized carbons (Fsp3) is 0.188. The summed E-state index contributed by atoms with van der Waals surface area (Å²) in [6.07, 6.45) is -0.737. The largest absolute Gasteiger partial charge is 0.364 e. The Kier molecular flexibility index (Phi) is 5.49. The molecule has 7 heteroatoms. The zero-order chi connectivity index (χ0) is 16.9. The molecule has 122 valence electrons. The number of ether oxygens (including phenoxy) is 1. The quantitative estimate of drug-likeness (QED) is 0.844. The number of nitrogens with one attached hydrogen (secondary N) is 1. The van der Waals surface area contributed by atoms with Crippen LogP contribution in [0.1, 0.15) is 18.6 Å². The molecule has 0 aromatic heterocycles. The Morgan fingerprint density at radius 1 is 1.13 bits per heavy atom. The van der Waals surface area contributed by atoms with Crippen molar-refractivity contribution in [1.29, 1.82) is 0 Å². The van der Waals surface area contributed by atoms with Crippen molar-refractivity contribution in [3.63, 3.8) is 0 Å². The maximum absolute atomic E-state index is 12.4. The maximum atomic E-state index is 12.4. The molecule has 0 saturated carbocycles. The second kappa shape index (κ2) is 7.36. The zero-order valence-electron chi connectivity index (χ0n) is 12.6. The Balaban J connectivity index is 2.16. The van der Waals surface area contributed by atoms with Crippen molar-refractivity contribution < 1.29 is 17.9 Å². The molecule has 1 atom stereocenters. The topological polar surface area (TPSA) is 98.5 Å². The van der Waals surface area contributed by atoms with Crippen LogP contribution in [0.4, 0.5) is 5.69 Å². The maximum Gasteiger partial charge on any atom is 0.258 e. The van der Waals surface area contributed by atoms with Crippen molar-refractivity contribution in [2.45, 2.75) is 17.9 Å². The van der Waals surface area contributed by atoms with Crippen LogP contribution in [0.15, 0.2) is 59.5 Å². The molecular formula is C16H18N2O4S. The third-order valence-corrected chi connectivity index (χ3v) is 4.05. The van der Waals surface area contributed by atoms with Crippen molar-refractivity contribution in [2.24, 2.45) is 5.14 Å². The molecule has 3 N–H and O–H groups in total. The van der Waals surface area contributed by atoms with E-state index in [-0.39, 0.29) is 10.8 Å². The number of amides is 1. The van der Waals surface area contributed by atoms with Crippen LogP contribution in [0.3, 0.4) is 0 Å². The Morgan fingerprint density at radius 3 is 2.26 bits per heavy atom. The van der Waals surface area contributed by atoms with E-state index in [1.54, 1.807) is 0 Å². The number of carbonyl (C=O) groups is 1. The second-order valence-corrected chi connectivity index (χ2v) is 6.37. The van der Waals surface area contributed by atoms with Gasteiger partial charge in [-0.05, 0) is 36.8 Å². The predicted octanol–water partition coefficient (Wildman–Crippen LogP) is 2.05. The molecule has 0 spiro atoms. The first-order chi connectivity index (χ1) is 10.9. The molecule has 23 heavy (non-hydrogen) atoms. The third-order valence-electron chi connectivity index (χ3n) is 3.12. The molecule has 0 saturated heterocycles. The number of rotatable bonds is 6. The van der Waals surface area contributed by atoms with E-state index >= 15 is 0 Å². The van der Waals surface area contributed by atoms with Crippen molar-refractivity contribution in [3.05, 3.63) is 60.2 Å². The van der Waals surface area contributed by atoms with Gasteiger partial charge in [-0.15, -0.1) is 0 Å². The van der Waals surface area contributed by atoms with Crippen molar-refractivity contribution in [2.75, 3.05) is 11.9 Å². The highest BCUT2D eigenvalue weighted by atomic mass is 32.2. The van der Waals surface area contributed by atoms with Crippen molar-refractivity contribution >= 4 is 21.6 Å². The van der Waals surface area contributed by atoms with Gasteiger partial charge in [0, 0.05) is 12.3 Å². The average molecular weight is 334 g/mol. The van der Waals surface area contributed by atoms with E-state index in [1.807, 2.05) is 37.3 Å². The molecule has 1 amide bonds. The summed E-state index contributed by atoms with van der Waals surface area (Å²) in [6, 6.07) is 14.8. The normalized spacial score (nSPS) is 12.6. The van der Waals surface area contributed by atoms with Gasteiger partial charge in [0.05, 0.1) is 4.90 Å². The van der Waals surface area contributed by atoms with Gasteiger partial charge in [0.2, 0.25) is 10.0 Å². The fourth-order valence-electron chi connectivity index (χ4n) is 2.05. The van der Waals surface area contributed by atoms with Gasteiger partial charge in [-0.3, -0.25) is 4.79 Å². The van der Waals surface area contributed by atoms with Gasteiger partial charge in [0.25, 0.3) is 5.91 Å². The molecule has 0 radical (unpaired) electrons. The Bertz CT molecular complexity index is 758. The monoisotopic (exact) mass is 334 g/mol. The van der Waals surface area contributed by atoms with Gasteiger partial charge < -0.3 is 10.1 Å². The van der Waals surface area contributed by atoms with E-state index in [4.69, 9.17) is 9.88 Å². The van der Waals surface area contributed by atoms with E-state index in [1.165, 1.54) is 24.3 Å². The Morgan fingerprint density at radius 2 is 1.74 bits per heavy atom. The summed E-state index contributed by atoms with van der Waals surface area (Å²) in [5, 5.41) is 7.74. The minimum atomic E-state index is -3.75. The summed E-state index contributed by atoms with van der Waals surface area (Å²) >= 11 is 0. The van der Waals surface area contributed by atoms with Gasteiger partial charge in [-0.1, -0.05) is 30.3 Å². The Hall–Kier alpha value is -2.22. The molecule has 2 rings (SSSR count). The molecule has 0 bridgehead atoms. The summed E-state index contributed by atoms with van der Waals surface area (Å²) in [5.74, 6) is -0.332. The summed E-state index contributed by atoms with van der Waals surface area (Å²) in [4.78, 5) is 12.4. The van der Waals surface area contributed by atoms with Crippen LogP contribution in [0.25, 0.3) is 0 Å². The lowest BCUT2D eigenvalue weighted by Gasteiger charge is -2.17. The molecule has 6 nitrogen and oxygen atoms in total. The minimum Gasteiger partial charge on any atom is -0.364 e. The summed E-state index contributed by atoms with van der Waals surface area (Å²) in [7, 11) is -3.75. The van der Waals surface area contributed by atoms with Crippen LogP contribution in [0, 0.1) is 0 Å². The first kappa shape index (κ1) is 17.1. The van der Waals surface area contributed by atoms with E-state index < -0.39 is 16.1 Å². The first-order valence-electron chi connectivity index (χ1n) is 7.02. The highest BCUT2D eigenvalue weighted by molar-refractivity contribution is 7.89. The lowest BCUT2D eigenvalue weighted by molar-refractivity contribution is -0.127. The summed E-state index contributed by atoms with van der Waals surface area (Å²) in [6.45, 7) is 2.20. The van der Waals surface area contributed by atoms with Gasteiger partial charge in [-0.25, -0.2) is 13.6 Å². The Labute approximate surface area is 135 Å². The van der Waals surface area contributed by atoms with Crippen LogP contribution in [-0.4, -0.2) is 20.9 Å². The van der Waals surface area contributed by atoms with Gasteiger partial charge in [-0.2, -0.15) is 0 Å². The standard InChI is InChI=1S/C16H18N2O4S/c1-2-22-15(12-6-4-3-5-7-12)16(19)18-13-8-10-14(11-9-13)23(17,20)21/h3-11,15H,2H2,1H3,(H,18,19)(H2,17,20,21). The number of sulfonamides is 1. The molecule has 0 fully saturated rings. The number of hydrogen-bond donors (Lipinski definition) is 2. The number of primary sulfonamides is 1. The fourth-order valence-corrected chi connectivity index (χ4v) is 2.57. The molecule has 2 aromatic rings. The average Bonchev–Trinajstić information content (AvgIpc) is 2.53. The molecule has 1 unspecified atom stereocenters. The first-order valence-corrected chi connectivity index (χ1v) is 8.56. The van der Waals surface area contributed by atoms with Crippen molar-refractivity contribution in [1.82, 2.24) is 0 Å². The van der Waals surface area contributed by atoms with Crippen molar-refractivity contribution in [3.8, 4) is 0 Å². The molecule has 0 aliphatic rings. The highest BCUT2D eigenvalue weighted by Crippen LogP contribution is 2.20. The third kappa shape index (κ3) is 4.62. The van der Waals surface area contributed by atoms with Crippen LogP contribution in [-0.2, 0) is 19.6 Å². The molecule has 0 aliphatic carbocycles. The minimum absolute atomic E-state index is 0.0140. The lowest BCUT2D eigenvalue weighted by atomic mass is 10.1. The molecule has 0 aliphatic heterocycles. The molecule has 0 heterocycles. The van der Waals surface area contributed by atoms with E-state index in [2.05, 4.69) is 5.32 Å². The summed E-state index contributed by atoms with van der Waals surface area (Å²) in [5.41, 5.74) is 1.20. The highest BCUT2D eigenvalue weighted by Gasteiger charge is 2.21. The molecule has 2 aromatic carbocycles. The number of benzene rings is 2. The number of nitrogens with two attached hydrogens (primary N) is 1. The van der Waals surface area contributed by atoms with Crippen LogP contribution in [0.2, 0.25) is 0 Å². The second-order valence-electron chi connectivity index (χ2n) is 4.80. The lowest BCUT2D eigenvalue weighted by Crippen LogP contribution is -2.23. The SMILES string of the molecule is CCOC(C(=O)Nc1ccc(S(N)(=O)=O)cc1)c1ccccc1. The van der Waals surface area contributed by atoms with E-state index in [0.717, 1.165) is 5.56 Å². The van der Waals surface area contributed by atoms with Crippen LogP contribution >= 0.6 is 0 Å². The van der Waals surface area contributed by atoms with Gasteiger partial charge in [0.15, 0.2) is 6.10 Å². The summed E-state index contributed by atoms with van der Waals surface area (Å²) < 4.78 is 27.9. The van der Waals surface area contributed by atoms with Gasteiger partial charge >= 0.3 is 0 Å².